The number of benzene rings is 1. The summed E-state index contributed by atoms with van der Waals surface area (Å²) in [5.74, 6) is 0.591. The second-order valence-electron chi connectivity index (χ2n) is 5.13. The Kier molecular flexibility index (Phi) is 4.27. The number of rotatable bonds is 4. The molecule has 7 heteroatoms. The molecule has 1 amide bonds. The lowest BCUT2D eigenvalue weighted by molar-refractivity contribution is 0.150. The quantitative estimate of drug-likeness (QED) is 0.937. The van der Waals surface area contributed by atoms with Crippen molar-refractivity contribution in [3.8, 4) is 11.6 Å². The van der Waals surface area contributed by atoms with Gasteiger partial charge in [0.25, 0.3) is 0 Å². The molecular formula is C16H18N4O3. The molecule has 7 nitrogen and oxygen atoms in total. The zero-order valence-corrected chi connectivity index (χ0v) is 12.8. The predicted molar refractivity (Wildman–Crippen MR) is 84.7 cm³/mol. The largest absolute Gasteiger partial charge is 0.476 e. The summed E-state index contributed by atoms with van der Waals surface area (Å²) in [5, 5.41) is 17.5. The number of amides is 1. The Balaban J connectivity index is 1.94. The van der Waals surface area contributed by atoms with Crippen LogP contribution in [0.1, 0.15) is 19.0 Å². The molecule has 2 aromatic rings. The molecule has 0 radical (unpaired) electrons. The maximum absolute atomic E-state index is 11.0. The van der Waals surface area contributed by atoms with Crippen LogP contribution < -0.4 is 4.74 Å². The summed E-state index contributed by atoms with van der Waals surface area (Å²) in [4.78, 5) is 12.4. The topological polar surface area (TPSA) is 80.5 Å². The second kappa shape index (κ2) is 6.51. The molecule has 0 atom stereocenters. The highest BCUT2D eigenvalue weighted by molar-refractivity contribution is 5.71. The van der Waals surface area contributed by atoms with E-state index in [9.17, 15) is 4.79 Å². The third kappa shape index (κ3) is 3.03. The summed E-state index contributed by atoms with van der Waals surface area (Å²) in [7, 11) is 0. The van der Waals surface area contributed by atoms with Crippen molar-refractivity contribution in [1.29, 1.82) is 0 Å². The first-order valence-corrected chi connectivity index (χ1v) is 7.52. The Morgan fingerprint density at radius 2 is 2.13 bits per heavy atom. The molecular weight excluding hydrogens is 296 g/mol. The van der Waals surface area contributed by atoms with Crippen molar-refractivity contribution in [2.75, 3.05) is 19.7 Å². The molecule has 120 valence electrons. The highest BCUT2D eigenvalue weighted by Gasteiger charge is 2.23. The third-order valence-electron chi connectivity index (χ3n) is 3.69. The van der Waals surface area contributed by atoms with Crippen molar-refractivity contribution in [1.82, 2.24) is 19.9 Å². The molecule has 1 aliphatic rings. The average Bonchev–Trinajstić information content (AvgIpc) is 3.00. The van der Waals surface area contributed by atoms with Gasteiger partial charge in [0, 0.05) is 13.1 Å². The number of carbonyl (C=O) groups is 1. The molecule has 1 aromatic heterocycles. The second-order valence-corrected chi connectivity index (χ2v) is 5.13. The molecule has 23 heavy (non-hydrogen) atoms. The van der Waals surface area contributed by atoms with Gasteiger partial charge in [0.15, 0.2) is 5.69 Å². The molecule has 0 fully saturated rings. The van der Waals surface area contributed by atoms with E-state index in [-0.39, 0.29) is 0 Å². The molecule has 0 spiro atoms. The monoisotopic (exact) mass is 314 g/mol. The normalized spacial score (nSPS) is 14.5. The predicted octanol–water partition coefficient (Wildman–Crippen LogP) is 2.43. The number of nitrogens with zero attached hydrogens (tertiary/aromatic N) is 4. The third-order valence-corrected chi connectivity index (χ3v) is 3.69. The summed E-state index contributed by atoms with van der Waals surface area (Å²) in [6.07, 6.45) is 1.57. The van der Waals surface area contributed by atoms with Gasteiger partial charge in [0.2, 0.25) is 5.88 Å². The Hall–Kier alpha value is -2.83. The van der Waals surface area contributed by atoms with Crippen LogP contribution in [-0.4, -0.2) is 50.8 Å². The van der Waals surface area contributed by atoms with Crippen LogP contribution in [0.3, 0.4) is 0 Å². The number of hydrogen-bond donors (Lipinski definition) is 1. The first kappa shape index (κ1) is 15.1. The number of para-hydroxylation sites is 1. The fourth-order valence-corrected chi connectivity index (χ4v) is 2.54. The van der Waals surface area contributed by atoms with Gasteiger partial charge >= 0.3 is 6.09 Å². The van der Waals surface area contributed by atoms with Crippen LogP contribution in [0.2, 0.25) is 0 Å². The van der Waals surface area contributed by atoms with E-state index in [0.717, 1.165) is 11.3 Å². The van der Waals surface area contributed by atoms with Crippen molar-refractivity contribution in [2.24, 2.45) is 0 Å². The molecule has 0 saturated heterocycles. The number of carboxylic acid groups (broad SMARTS) is 1. The molecule has 2 heterocycles. The highest BCUT2D eigenvalue weighted by Crippen LogP contribution is 2.30. The Morgan fingerprint density at radius 1 is 1.35 bits per heavy atom. The number of hydrogen-bond acceptors (Lipinski definition) is 4. The van der Waals surface area contributed by atoms with Crippen molar-refractivity contribution >= 4 is 11.7 Å². The SMILES string of the molecule is CCOc1c(C2=CCN(C(=O)O)CC2)nnn1-c1ccccc1. The van der Waals surface area contributed by atoms with Gasteiger partial charge < -0.3 is 14.7 Å². The van der Waals surface area contributed by atoms with Crippen LogP contribution in [0.15, 0.2) is 36.4 Å². The average molecular weight is 314 g/mol. The zero-order chi connectivity index (χ0) is 16.2. The minimum Gasteiger partial charge on any atom is -0.476 e. The van der Waals surface area contributed by atoms with E-state index in [1.165, 1.54) is 4.90 Å². The summed E-state index contributed by atoms with van der Waals surface area (Å²) in [5.41, 5.74) is 2.52. The lowest BCUT2D eigenvalue weighted by Crippen LogP contribution is -2.33. The van der Waals surface area contributed by atoms with E-state index in [2.05, 4.69) is 10.3 Å². The van der Waals surface area contributed by atoms with Gasteiger partial charge in [0.05, 0.1) is 12.3 Å². The Bertz CT molecular complexity index is 724. The van der Waals surface area contributed by atoms with Crippen LogP contribution in [0, 0.1) is 0 Å². The van der Waals surface area contributed by atoms with Crippen LogP contribution in [0.5, 0.6) is 5.88 Å². The fraction of sp³-hybridized carbons (Fsp3) is 0.312. The standard InChI is InChI=1S/C16H18N4O3/c1-2-23-15-14(12-8-10-19(11-9-12)16(21)22)17-18-20(15)13-6-4-3-5-7-13/h3-8H,2,9-11H2,1H3,(H,21,22). The summed E-state index contributed by atoms with van der Waals surface area (Å²) >= 11 is 0. The lowest BCUT2D eigenvalue weighted by atomic mass is 10.1. The van der Waals surface area contributed by atoms with Gasteiger partial charge in [-0.2, -0.15) is 4.68 Å². The fourth-order valence-electron chi connectivity index (χ4n) is 2.54. The van der Waals surface area contributed by atoms with Crippen molar-refractivity contribution < 1.29 is 14.6 Å². The van der Waals surface area contributed by atoms with E-state index >= 15 is 0 Å². The molecule has 1 aliphatic heterocycles. The molecule has 3 rings (SSSR count). The highest BCUT2D eigenvalue weighted by atomic mass is 16.5. The smallest absolute Gasteiger partial charge is 0.407 e. The van der Waals surface area contributed by atoms with E-state index in [4.69, 9.17) is 9.84 Å². The van der Waals surface area contributed by atoms with Crippen molar-refractivity contribution in [2.45, 2.75) is 13.3 Å². The van der Waals surface area contributed by atoms with Gasteiger partial charge in [-0.3, -0.25) is 0 Å². The van der Waals surface area contributed by atoms with E-state index in [0.29, 0.717) is 37.7 Å². The summed E-state index contributed by atoms with van der Waals surface area (Å²) in [6, 6.07) is 9.66. The minimum absolute atomic E-state index is 0.356. The molecule has 0 unspecified atom stereocenters. The number of ether oxygens (including phenoxy) is 1. The van der Waals surface area contributed by atoms with Crippen LogP contribution >= 0.6 is 0 Å². The van der Waals surface area contributed by atoms with Crippen molar-refractivity contribution in [3.63, 3.8) is 0 Å². The number of aromatic nitrogens is 3. The maximum Gasteiger partial charge on any atom is 0.407 e. The van der Waals surface area contributed by atoms with Gasteiger partial charge in [-0.25, -0.2) is 4.79 Å². The Labute approximate surface area is 133 Å². The molecule has 0 saturated carbocycles. The minimum atomic E-state index is -0.904. The molecule has 0 aliphatic carbocycles. The van der Waals surface area contributed by atoms with Gasteiger partial charge in [-0.1, -0.05) is 29.5 Å². The lowest BCUT2D eigenvalue weighted by Gasteiger charge is -2.23. The van der Waals surface area contributed by atoms with E-state index in [1.54, 1.807) is 4.68 Å². The van der Waals surface area contributed by atoms with Crippen LogP contribution in [0.25, 0.3) is 11.3 Å². The maximum atomic E-state index is 11.0. The summed E-state index contributed by atoms with van der Waals surface area (Å²) in [6.45, 7) is 3.22. The Morgan fingerprint density at radius 3 is 2.74 bits per heavy atom. The van der Waals surface area contributed by atoms with Gasteiger partial charge in [-0.05, 0) is 31.1 Å². The summed E-state index contributed by atoms with van der Waals surface area (Å²) < 4.78 is 7.43. The van der Waals surface area contributed by atoms with E-state index in [1.807, 2.05) is 43.3 Å². The van der Waals surface area contributed by atoms with Crippen LogP contribution in [-0.2, 0) is 0 Å². The molecule has 0 bridgehead atoms. The molecule has 1 N–H and O–H groups in total. The first-order valence-electron chi connectivity index (χ1n) is 7.52. The van der Waals surface area contributed by atoms with Crippen LogP contribution in [0.4, 0.5) is 4.79 Å². The van der Waals surface area contributed by atoms with Crippen molar-refractivity contribution in [3.05, 3.63) is 42.1 Å². The van der Waals surface area contributed by atoms with E-state index < -0.39 is 6.09 Å². The first-order chi connectivity index (χ1) is 11.2. The van der Waals surface area contributed by atoms with Gasteiger partial charge in [0.1, 0.15) is 0 Å². The molecule has 1 aromatic carbocycles. The zero-order valence-electron chi connectivity index (χ0n) is 12.8. The van der Waals surface area contributed by atoms with Gasteiger partial charge in [-0.15, -0.1) is 5.10 Å².